The lowest BCUT2D eigenvalue weighted by Gasteiger charge is -2.20. The molecule has 4 nitrogen and oxygen atoms in total. The Labute approximate surface area is 154 Å². The molecule has 3 N–H and O–H groups in total. The number of aryl methyl sites for hydroxylation is 2. The van der Waals surface area contributed by atoms with Gasteiger partial charge < -0.3 is 15.1 Å². The zero-order valence-electron chi connectivity index (χ0n) is 15.4. The van der Waals surface area contributed by atoms with Gasteiger partial charge in [0.05, 0.1) is 6.26 Å². The highest BCUT2D eigenvalue weighted by molar-refractivity contribution is 5.95. The Hall–Kier alpha value is -2.85. The van der Waals surface area contributed by atoms with Crippen LogP contribution in [0.5, 0.6) is 0 Å². The predicted octanol–water partition coefficient (Wildman–Crippen LogP) is 3.90. The van der Waals surface area contributed by atoms with E-state index in [0.717, 1.165) is 28.1 Å². The molecule has 0 saturated heterocycles. The maximum atomic E-state index is 13.1. The van der Waals surface area contributed by atoms with Gasteiger partial charge in [-0.25, -0.2) is 0 Å². The molecule has 0 radical (unpaired) electrons. The zero-order chi connectivity index (χ0) is 18.5. The molecule has 1 aromatic heterocycles. The van der Waals surface area contributed by atoms with E-state index in [1.165, 1.54) is 0 Å². The van der Waals surface area contributed by atoms with Crippen LogP contribution in [-0.2, 0) is 4.79 Å². The molecule has 0 aliphatic carbocycles. The number of anilines is 1. The molecule has 0 spiro atoms. The highest BCUT2D eigenvalue weighted by Crippen LogP contribution is 2.19. The smallest absolute Gasteiger partial charge is 0.287 e. The molecule has 0 bridgehead atoms. The van der Waals surface area contributed by atoms with Gasteiger partial charge in [0.25, 0.3) is 5.91 Å². The molecular formula is C22H25N2O2+. The van der Waals surface area contributed by atoms with Gasteiger partial charge in [-0.05, 0) is 50.1 Å². The van der Waals surface area contributed by atoms with E-state index in [1.807, 2.05) is 86.8 Å². The van der Waals surface area contributed by atoms with E-state index in [-0.39, 0.29) is 18.0 Å². The van der Waals surface area contributed by atoms with Crippen molar-refractivity contribution in [3.63, 3.8) is 0 Å². The Morgan fingerprint density at radius 1 is 1.04 bits per heavy atom. The van der Waals surface area contributed by atoms with Crippen LogP contribution >= 0.6 is 0 Å². The minimum Gasteiger partial charge on any atom is -0.463 e. The Morgan fingerprint density at radius 3 is 2.50 bits per heavy atom. The number of nitrogens with one attached hydrogen (secondary N) is 1. The van der Waals surface area contributed by atoms with Crippen molar-refractivity contribution < 1.29 is 14.5 Å². The van der Waals surface area contributed by atoms with Gasteiger partial charge in [0, 0.05) is 11.3 Å². The van der Waals surface area contributed by atoms with Crippen molar-refractivity contribution in [1.82, 2.24) is 0 Å². The molecule has 1 heterocycles. The minimum atomic E-state index is -0.365. The molecule has 0 aliphatic rings. The fourth-order valence-corrected chi connectivity index (χ4v) is 3.03. The largest absolute Gasteiger partial charge is 0.463 e. The summed E-state index contributed by atoms with van der Waals surface area (Å²) in [5.41, 5.74) is 3.99. The first-order chi connectivity index (χ1) is 12.5. The van der Waals surface area contributed by atoms with E-state index < -0.39 is 0 Å². The lowest BCUT2D eigenvalue weighted by Crippen LogP contribution is -2.87. The maximum absolute atomic E-state index is 13.1. The van der Waals surface area contributed by atoms with Crippen LogP contribution in [0.3, 0.4) is 0 Å². The first kappa shape index (κ1) is 18.0. The normalized spacial score (nSPS) is 13.2. The van der Waals surface area contributed by atoms with Crippen molar-refractivity contribution in [2.45, 2.75) is 32.9 Å². The number of hydrogen-bond donors (Lipinski definition) is 2. The van der Waals surface area contributed by atoms with Crippen molar-refractivity contribution >= 4 is 11.6 Å². The zero-order valence-corrected chi connectivity index (χ0v) is 15.4. The summed E-state index contributed by atoms with van der Waals surface area (Å²) in [6.45, 7) is 6.07. The Balaban J connectivity index is 1.85. The quantitative estimate of drug-likeness (QED) is 0.709. The van der Waals surface area contributed by atoms with Gasteiger partial charge in [-0.1, -0.05) is 42.5 Å². The standard InChI is InChI=1S/C22H24N2O2/c1-15-11-12-16(2)19(14-15)24-22(25)21(18-8-5-4-6-9-18)23-17(3)20-10-7-13-26-20/h4-14,17,21,23H,1-3H3,(H,24,25)/p+1/t17-,21+/m1/s1. The first-order valence-electron chi connectivity index (χ1n) is 8.86. The molecule has 4 heteroatoms. The van der Waals surface area contributed by atoms with Crippen molar-refractivity contribution in [3.8, 4) is 0 Å². The third kappa shape index (κ3) is 4.21. The summed E-state index contributed by atoms with van der Waals surface area (Å²) in [6.07, 6.45) is 1.66. The number of rotatable bonds is 6. The average Bonchev–Trinajstić information content (AvgIpc) is 3.18. The fourth-order valence-electron chi connectivity index (χ4n) is 3.03. The second kappa shape index (κ2) is 8.02. The molecule has 1 amide bonds. The molecule has 0 unspecified atom stereocenters. The number of carbonyl (C=O) groups excluding carboxylic acids is 1. The van der Waals surface area contributed by atoms with Crippen LogP contribution in [0.15, 0.2) is 71.3 Å². The van der Waals surface area contributed by atoms with Crippen molar-refractivity contribution in [2.24, 2.45) is 0 Å². The van der Waals surface area contributed by atoms with Crippen LogP contribution in [0.1, 0.15) is 41.5 Å². The molecular weight excluding hydrogens is 324 g/mol. The highest BCUT2D eigenvalue weighted by Gasteiger charge is 2.28. The maximum Gasteiger partial charge on any atom is 0.287 e. The SMILES string of the molecule is Cc1ccc(C)c(NC(=O)[C@@H]([NH2+][C@H](C)c2ccco2)c2ccccc2)c1. The third-order valence-electron chi connectivity index (χ3n) is 4.57. The van der Waals surface area contributed by atoms with E-state index in [2.05, 4.69) is 5.32 Å². The Kier molecular flexibility index (Phi) is 5.54. The summed E-state index contributed by atoms with van der Waals surface area (Å²) in [5, 5.41) is 5.14. The van der Waals surface area contributed by atoms with Crippen LogP contribution in [-0.4, -0.2) is 5.91 Å². The Morgan fingerprint density at radius 2 is 1.81 bits per heavy atom. The average molecular weight is 349 g/mol. The number of carbonyl (C=O) groups is 1. The van der Waals surface area contributed by atoms with Gasteiger partial charge >= 0.3 is 0 Å². The van der Waals surface area contributed by atoms with Crippen molar-refractivity contribution in [3.05, 3.63) is 89.4 Å². The molecule has 2 atom stereocenters. The third-order valence-corrected chi connectivity index (χ3v) is 4.57. The van der Waals surface area contributed by atoms with Gasteiger partial charge in [-0.15, -0.1) is 0 Å². The van der Waals surface area contributed by atoms with Crippen molar-refractivity contribution in [1.29, 1.82) is 0 Å². The number of nitrogens with two attached hydrogens (primary N) is 1. The van der Waals surface area contributed by atoms with Crippen LogP contribution in [0.2, 0.25) is 0 Å². The predicted molar refractivity (Wildman–Crippen MR) is 103 cm³/mol. The van der Waals surface area contributed by atoms with Crippen LogP contribution in [0, 0.1) is 13.8 Å². The number of hydrogen-bond acceptors (Lipinski definition) is 2. The summed E-state index contributed by atoms with van der Waals surface area (Å²) in [6, 6.07) is 19.4. The molecule has 3 rings (SSSR count). The lowest BCUT2D eigenvalue weighted by atomic mass is 10.0. The second-order valence-corrected chi connectivity index (χ2v) is 6.69. The summed E-state index contributed by atoms with van der Waals surface area (Å²) in [5.74, 6) is 0.814. The van der Waals surface area contributed by atoms with E-state index in [0.29, 0.717) is 0 Å². The van der Waals surface area contributed by atoms with Gasteiger partial charge in [0.1, 0.15) is 6.04 Å². The van der Waals surface area contributed by atoms with E-state index >= 15 is 0 Å². The number of furan rings is 1. The van der Waals surface area contributed by atoms with Gasteiger partial charge in [-0.2, -0.15) is 0 Å². The highest BCUT2D eigenvalue weighted by atomic mass is 16.3. The molecule has 134 valence electrons. The number of quaternary nitrogens is 1. The number of benzene rings is 2. The van der Waals surface area contributed by atoms with E-state index in [9.17, 15) is 4.79 Å². The van der Waals surface area contributed by atoms with E-state index in [4.69, 9.17) is 4.42 Å². The summed E-state index contributed by atoms with van der Waals surface area (Å²) >= 11 is 0. The summed E-state index contributed by atoms with van der Waals surface area (Å²) < 4.78 is 5.50. The first-order valence-corrected chi connectivity index (χ1v) is 8.86. The topological polar surface area (TPSA) is 58.9 Å². The summed E-state index contributed by atoms with van der Waals surface area (Å²) in [4.78, 5) is 13.1. The summed E-state index contributed by atoms with van der Waals surface area (Å²) in [7, 11) is 0. The fraction of sp³-hybridized carbons (Fsp3) is 0.227. The van der Waals surface area contributed by atoms with Gasteiger partial charge in [0.15, 0.2) is 11.8 Å². The van der Waals surface area contributed by atoms with Crippen LogP contribution in [0.4, 0.5) is 5.69 Å². The molecule has 2 aromatic carbocycles. The minimum absolute atomic E-state index is 0.0274. The molecule has 26 heavy (non-hydrogen) atoms. The molecule has 0 fully saturated rings. The lowest BCUT2D eigenvalue weighted by molar-refractivity contribution is -0.720. The van der Waals surface area contributed by atoms with Crippen LogP contribution < -0.4 is 10.6 Å². The van der Waals surface area contributed by atoms with Gasteiger partial charge in [0.2, 0.25) is 0 Å². The monoisotopic (exact) mass is 349 g/mol. The van der Waals surface area contributed by atoms with E-state index in [1.54, 1.807) is 6.26 Å². The Bertz CT molecular complexity index is 857. The molecule has 0 aliphatic heterocycles. The van der Waals surface area contributed by atoms with Crippen molar-refractivity contribution in [2.75, 3.05) is 5.32 Å². The molecule has 0 saturated carbocycles. The second-order valence-electron chi connectivity index (χ2n) is 6.69. The number of amides is 1. The van der Waals surface area contributed by atoms with Crippen LogP contribution in [0.25, 0.3) is 0 Å². The van der Waals surface area contributed by atoms with Gasteiger partial charge in [-0.3, -0.25) is 4.79 Å². The molecule has 3 aromatic rings.